The minimum absolute atomic E-state index is 0.0266. The second-order valence-corrected chi connectivity index (χ2v) is 6.86. The number of hydrogen-bond donors (Lipinski definition) is 2. The first-order chi connectivity index (χ1) is 12.8. The number of ether oxygens (including phenoxy) is 1. The molecule has 7 nitrogen and oxygen atoms in total. The lowest BCUT2D eigenvalue weighted by Gasteiger charge is -2.16. The average molecular weight is 396 g/mol. The Morgan fingerprint density at radius 1 is 1.11 bits per heavy atom. The lowest BCUT2D eigenvalue weighted by atomic mass is 10.00. The van der Waals surface area contributed by atoms with Crippen molar-refractivity contribution in [2.45, 2.75) is 25.4 Å². The molecular weight excluding hydrogens is 374 g/mol. The number of benzene rings is 1. The summed E-state index contributed by atoms with van der Waals surface area (Å²) in [6, 6.07) is 7.58. The van der Waals surface area contributed by atoms with Crippen LogP contribution >= 0.6 is 11.6 Å². The first-order valence-corrected chi connectivity index (χ1v) is 9.05. The molecule has 2 heterocycles. The van der Waals surface area contributed by atoms with E-state index in [1.54, 1.807) is 0 Å². The van der Waals surface area contributed by atoms with Crippen LogP contribution in [0.4, 0.5) is 0 Å². The van der Waals surface area contributed by atoms with Crippen LogP contribution in [0.2, 0.25) is 5.02 Å². The van der Waals surface area contributed by atoms with Crippen LogP contribution in [0.3, 0.4) is 0 Å². The highest BCUT2D eigenvalue weighted by Gasteiger charge is 2.36. The second-order valence-electron chi connectivity index (χ2n) is 6.43. The van der Waals surface area contributed by atoms with Gasteiger partial charge in [-0.1, -0.05) is 23.7 Å². The number of carboxylic acids is 2. The normalized spacial score (nSPS) is 22.3. The molecule has 8 heteroatoms. The summed E-state index contributed by atoms with van der Waals surface area (Å²) in [5.74, 6) is -2.54. The lowest BCUT2D eigenvalue weighted by molar-refractivity contribution is -0.145. The zero-order valence-corrected chi connectivity index (χ0v) is 15.5. The topological polar surface area (TPSA) is 104 Å². The molecule has 2 atom stereocenters. The Hall–Kier alpha value is -2.38. The first kappa shape index (κ1) is 20.9. The summed E-state index contributed by atoms with van der Waals surface area (Å²) in [5.41, 5.74) is 1.04. The van der Waals surface area contributed by atoms with Gasteiger partial charge in [0.05, 0.1) is 5.92 Å². The van der Waals surface area contributed by atoms with Crippen molar-refractivity contribution in [1.82, 2.24) is 4.90 Å². The summed E-state index contributed by atoms with van der Waals surface area (Å²) in [6.45, 7) is 3.09. The molecule has 0 saturated carbocycles. The van der Waals surface area contributed by atoms with E-state index in [9.17, 15) is 14.4 Å². The van der Waals surface area contributed by atoms with Crippen molar-refractivity contribution < 1.29 is 29.3 Å². The Bertz CT molecular complexity index is 681. The highest BCUT2D eigenvalue weighted by molar-refractivity contribution is 6.30. The molecule has 2 aliphatic rings. The van der Waals surface area contributed by atoms with Crippen LogP contribution < -0.4 is 0 Å². The van der Waals surface area contributed by atoms with Crippen molar-refractivity contribution in [3.8, 4) is 0 Å². The van der Waals surface area contributed by atoms with E-state index in [2.05, 4.69) is 4.90 Å². The molecule has 2 fully saturated rings. The second kappa shape index (κ2) is 10.1. The Labute approximate surface area is 162 Å². The highest BCUT2D eigenvalue weighted by Crippen LogP contribution is 2.34. The number of carbonyl (C=O) groups is 3. The van der Waals surface area contributed by atoms with E-state index < -0.39 is 11.9 Å². The van der Waals surface area contributed by atoms with E-state index in [0.29, 0.717) is 17.2 Å². The van der Waals surface area contributed by atoms with E-state index >= 15 is 0 Å². The number of carboxylic acid groups (broad SMARTS) is 2. The molecule has 0 spiro atoms. The van der Waals surface area contributed by atoms with Crippen molar-refractivity contribution in [3.63, 3.8) is 0 Å². The molecule has 2 unspecified atom stereocenters. The number of esters is 1. The summed E-state index contributed by atoms with van der Waals surface area (Å²) in [6.07, 6.45) is 4.31. The third-order valence-corrected chi connectivity index (χ3v) is 4.63. The summed E-state index contributed by atoms with van der Waals surface area (Å²) in [5, 5.41) is 16.3. The van der Waals surface area contributed by atoms with Crippen LogP contribution in [-0.2, 0) is 19.1 Å². The summed E-state index contributed by atoms with van der Waals surface area (Å²) < 4.78 is 5.50. The van der Waals surface area contributed by atoms with Gasteiger partial charge in [-0.3, -0.25) is 4.79 Å². The van der Waals surface area contributed by atoms with Crippen molar-refractivity contribution in [2.24, 2.45) is 5.92 Å². The van der Waals surface area contributed by atoms with Gasteiger partial charge in [-0.15, -0.1) is 0 Å². The summed E-state index contributed by atoms with van der Waals surface area (Å²) >= 11 is 5.87. The van der Waals surface area contributed by atoms with Gasteiger partial charge in [0, 0.05) is 30.1 Å². The average Bonchev–Trinajstić information content (AvgIpc) is 3.25. The number of cyclic esters (lactones) is 1. The minimum atomic E-state index is -1.26. The van der Waals surface area contributed by atoms with E-state index in [-0.39, 0.29) is 18.0 Å². The molecule has 1 aromatic carbocycles. The Kier molecular flexibility index (Phi) is 7.82. The molecule has 0 amide bonds. The fraction of sp³-hybridized carbons (Fsp3) is 0.421. The molecule has 2 saturated heterocycles. The molecule has 2 aliphatic heterocycles. The van der Waals surface area contributed by atoms with Crippen LogP contribution in [-0.4, -0.2) is 52.7 Å². The number of halogens is 1. The van der Waals surface area contributed by atoms with Gasteiger partial charge < -0.3 is 19.8 Å². The molecule has 0 aromatic heterocycles. The van der Waals surface area contributed by atoms with Crippen molar-refractivity contribution >= 4 is 29.5 Å². The molecule has 0 radical (unpaired) electrons. The fourth-order valence-electron chi connectivity index (χ4n) is 3.09. The number of rotatable bonds is 5. The minimum Gasteiger partial charge on any atom is -0.478 e. The van der Waals surface area contributed by atoms with Gasteiger partial charge in [-0.2, -0.15) is 0 Å². The molecule has 27 heavy (non-hydrogen) atoms. The summed E-state index contributed by atoms with van der Waals surface area (Å²) in [4.78, 5) is 33.4. The molecule has 0 aliphatic carbocycles. The van der Waals surface area contributed by atoms with E-state index in [1.165, 1.54) is 12.8 Å². The fourth-order valence-corrected chi connectivity index (χ4v) is 3.22. The maximum atomic E-state index is 11.9. The maximum absolute atomic E-state index is 11.9. The van der Waals surface area contributed by atoms with Gasteiger partial charge in [-0.25, -0.2) is 9.59 Å². The predicted octanol–water partition coefficient (Wildman–Crippen LogP) is 2.75. The summed E-state index contributed by atoms with van der Waals surface area (Å²) in [7, 11) is 0. The van der Waals surface area contributed by atoms with Crippen LogP contribution in [0.15, 0.2) is 36.4 Å². The van der Waals surface area contributed by atoms with Crippen molar-refractivity contribution in [1.29, 1.82) is 0 Å². The molecule has 0 bridgehead atoms. The third-order valence-electron chi connectivity index (χ3n) is 4.38. The standard InChI is InChI=1S/C15H18ClNO2.C4H4O4/c16-13-5-3-11(4-6-13)14-9-12(15(18)19-14)10-17-7-1-2-8-17;5-3(6)1-2-4(7)8/h3-6,12,14H,1-2,7-10H2;1-2H,(H,5,6)(H,7,8)/b;2-1-. The van der Waals surface area contributed by atoms with Crippen LogP contribution in [0.5, 0.6) is 0 Å². The van der Waals surface area contributed by atoms with Crippen LogP contribution in [0.25, 0.3) is 0 Å². The Balaban J connectivity index is 0.000000279. The van der Waals surface area contributed by atoms with Crippen molar-refractivity contribution in [3.05, 3.63) is 47.0 Å². The molecule has 3 rings (SSSR count). The number of aliphatic carboxylic acids is 2. The number of carbonyl (C=O) groups excluding carboxylic acids is 1. The van der Waals surface area contributed by atoms with Gasteiger partial charge in [0.25, 0.3) is 0 Å². The maximum Gasteiger partial charge on any atom is 0.328 e. The van der Waals surface area contributed by atoms with Gasteiger partial charge >= 0.3 is 17.9 Å². The van der Waals surface area contributed by atoms with Gasteiger partial charge in [0.15, 0.2) is 0 Å². The smallest absolute Gasteiger partial charge is 0.328 e. The van der Waals surface area contributed by atoms with Gasteiger partial charge in [-0.05, 0) is 43.6 Å². The van der Waals surface area contributed by atoms with E-state index in [0.717, 1.165) is 31.6 Å². The van der Waals surface area contributed by atoms with Crippen LogP contribution in [0.1, 0.15) is 30.9 Å². The van der Waals surface area contributed by atoms with Gasteiger partial charge in [0.2, 0.25) is 0 Å². The zero-order valence-electron chi connectivity index (χ0n) is 14.7. The molecule has 2 N–H and O–H groups in total. The molecular formula is C19H22ClNO6. The number of likely N-dealkylation sites (tertiary alicyclic amines) is 1. The van der Waals surface area contributed by atoms with Crippen molar-refractivity contribution in [2.75, 3.05) is 19.6 Å². The first-order valence-electron chi connectivity index (χ1n) is 8.67. The lowest BCUT2D eigenvalue weighted by Crippen LogP contribution is -2.28. The SMILES string of the molecule is O=C(O)/C=C\C(=O)O.O=C1OC(c2ccc(Cl)cc2)CC1CN1CCCC1. The van der Waals surface area contributed by atoms with Gasteiger partial charge in [0.1, 0.15) is 6.10 Å². The Morgan fingerprint density at radius 2 is 1.67 bits per heavy atom. The predicted molar refractivity (Wildman–Crippen MR) is 98.5 cm³/mol. The monoisotopic (exact) mass is 395 g/mol. The van der Waals surface area contributed by atoms with E-state index in [4.69, 9.17) is 26.6 Å². The van der Waals surface area contributed by atoms with E-state index in [1.807, 2.05) is 24.3 Å². The Morgan fingerprint density at radius 3 is 2.19 bits per heavy atom. The molecule has 1 aromatic rings. The highest BCUT2D eigenvalue weighted by atomic mass is 35.5. The number of hydrogen-bond acceptors (Lipinski definition) is 5. The van der Waals surface area contributed by atoms with Crippen LogP contribution in [0, 0.1) is 5.92 Å². The quantitative estimate of drug-likeness (QED) is 0.583. The zero-order chi connectivity index (χ0) is 19.8. The number of nitrogens with zero attached hydrogens (tertiary/aromatic N) is 1. The molecule has 146 valence electrons. The largest absolute Gasteiger partial charge is 0.478 e. The third kappa shape index (κ3) is 7.03.